The molecule has 5 rings (SSSR count). The Morgan fingerprint density at radius 2 is 1.77 bits per heavy atom. The van der Waals surface area contributed by atoms with Gasteiger partial charge in [0.05, 0.1) is 6.61 Å². The van der Waals surface area contributed by atoms with E-state index in [9.17, 15) is 9.59 Å². The Balaban J connectivity index is 1.47. The van der Waals surface area contributed by atoms with Crippen LogP contribution in [0.2, 0.25) is 0 Å². The molecule has 3 aromatic rings. The maximum Gasteiger partial charge on any atom is 0.410 e. The number of likely N-dealkylation sites (N-methyl/N-ethyl adjacent to an activating group) is 1. The van der Waals surface area contributed by atoms with Crippen LogP contribution >= 0.6 is 22.6 Å². The normalized spacial score (nSPS) is 18.5. The summed E-state index contributed by atoms with van der Waals surface area (Å²) in [5, 5.41) is 1.21. The van der Waals surface area contributed by atoms with E-state index in [0.717, 1.165) is 55.9 Å². The Hall–Kier alpha value is -2.59. The fraction of sp³-hybridized carbons (Fsp3) is 0.407. The molecule has 1 unspecified atom stereocenters. The van der Waals surface area contributed by atoms with Crippen LogP contribution in [0.1, 0.15) is 47.1 Å². The lowest BCUT2D eigenvalue weighted by atomic mass is 9.92. The van der Waals surface area contributed by atoms with Crippen molar-refractivity contribution in [2.24, 2.45) is 0 Å². The summed E-state index contributed by atoms with van der Waals surface area (Å²) in [5.74, 6) is 0.0686. The van der Waals surface area contributed by atoms with Crippen LogP contribution in [-0.2, 0) is 11.2 Å². The highest BCUT2D eigenvalue weighted by atomic mass is 127. The molecule has 2 aliphatic rings. The number of benzene rings is 2. The summed E-state index contributed by atoms with van der Waals surface area (Å²) in [6.07, 6.45) is 0.454. The van der Waals surface area contributed by atoms with E-state index in [1.807, 2.05) is 36.1 Å². The summed E-state index contributed by atoms with van der Waals surface area (Å²) in [5.41, 5.74) is 4.99. The van der Waals surface area contributed by atoms with Gasteiger partial charge < -0.3 is 19.5 Å². The molecule has 1 atom stereocenters. The van der Waals surface area contributed by atoms with Crippen molar-refractivity contribution < 1.29 is 14.3 Å². The van der Waals surface area contributed by atoms with Crippen LogP contribution in [0.4, 0.5) is 4.79 Å². The van der Waals surface area contributed by atoms with Gasteiger partial charge >= 0.3 is 6.09 Å². The quantitative estimate of drug-likeness (QED) is 0.452. The number of H-pyrrole nitrogens is 1. The number of halogens is 1. The topological polar surface area (TPSA) is 68.9 Å². The predicted octanol–water partition coefficient (Wildman–Crippen LogP) is 4.65. The van der Waals surface area contributed by atoms with Crippen molar-refractivity contribution in [3.05, 3.63) is 68.4 Å². The Morgan fingerprint density at radius 3 is 2.46 bits per heavy atom. The molecular formula is C27H31IN4O3. The third-order valence-corrected chi connectivity index (χ3v) is 7.84. The molecule has 1 saturated heterocycles. The van der Waals surface area contributed by atoms with Crippen molar-refractivity contribution in [3.63, 3.8) is 0 Å². The van der Waals surface area contributed by atoms with Crippen molar-refractivity contribution in [1.82, 2.24) is 19.7 Å². The number of rotatable bonds is 4. The summed E-state index contributed by atoms with van der Waals surface area (Å²) < 4.78 is 6.59. The summed E-state index contributed by atoms with van der Waals surface area (Å²) in [6.45, 7) is 9.25. The zero-order valence-electron chi connectivity index (χ0n) is 20.2. The van der Waals surface area contributed by atoms with Gasteiger partial charge in [-0.05, 0) is 83.9 Å². The van der Waals surface area contributed by atoms with E-state index in [1.165, 1.54) is 14.5 Å². The SMILES string of the molecule is CCOC(=O)N1CCc2c([nH]c3ccc(I)cc23)C1c1ccc(C(=O)N2CCN(CC)CC2)cc1. The van der Waals surface area contributed by atoms with Crippen molar-refractivity contribution in [1.29, 1.82) is 0 Å². The zero-order chi connectivity index (χ0) is 24.5. The first-order valence-electron chi connectivity index (χ1n) is 12.3. The van der Waals surface area contributed by atoms with Gasteiger partial charge in [0, 0.05) is 58.5 Å². The number of hydrogen-bond donors (Lipinski definition) is 1. The lowest BCUT2D eigenvalue weighted by Crippen LogP contribution is -2.48. The number of ether oxygens (including phenoxy) is 1. The van der Waals surface area contributed by atoms with E-state index in [4.69, 9.17) is 4.74 Å². The van der Waals surface area contributed by atoms with E-state index in [2.05, 4.69) is 57.6 Å². The number of carbonyl (C=O) groups excluding carboxylic acids is 2. The molecule has 0 aliphatic carbocycles. The molecule has 7 nitrogen and oxygen atoms in total. The second kappa shape index (κ2) is 10.2. The summed E-state index contributed by atoms with van der Waals surface area (Å²) >= 11 is 2.34. The summed E-state index contributed by atoms with van der Waals surface area (Å²) in [6, 6.07) is 13.8. The number of amides is 2. The van der Waals surface area contributed by atoms with Gasteiger partial charge in [-0.3, -0.25) is 9.69 Å². The van der Waals surface area contributed by atoms with Gasteiger partial charge in [-0.2, -0.15) is 0 Å². The minimum Gasteiger partial charge on any atom is -0.450 e. The van der Waals surface area contributed by atoms with Gasteiger partial charge in [0.2, 0.25) is 0 Å². The van der Waals surface area contributed by atoms with Crippen LogP contribution in [0.5, 0.6) is 0 Å². The van der Waals surface area contributed by atoms with Gasteiger partial charge in [0.15, 0.2) is 0 Å². The molecule has 3 heterocycles. The number of aromatic nitrogens is 1. The van der Waals surface area contributed by atoms with E-state index in [1.54, 1.807) is 4.90 Å². The standard InChI is InChI=1S/C27H31IN4O3/c1-3-30-13-15-31(16-14-30)26(33)19-7-5-18(6-8-19)25-24-21(11-12-32(25)27(34)35-4-2)22-17-20(28)9-10-23(22)29-24/h5-10,17,25,29H,3-4,11-16H2,1-2H3. The fourth-order valence-electron chi connectivity index (χ4n) is 5.27. The number of hydrogen-bond acceptors (Lipinski definition) is 4. The highest BCUT2D eigenvalue weighted by Crippen LogP contribution is 2.39. The molecule has 2 amide bonds. The molecule has 184 valence electrons. The predicted molar refractivity (Wildman–Crippen MR) is 145 cm³/mol. The van der Waals surface area contributed by atoms with Crippen molar-refractivity contribution in [2.75, 3.05) is 45.9 Å². The molecule has 2 aliphatic heterocycles. The maximum atomic E-state index is 13.1. The lowest BCUT2D eigenvalue weighted by Gasteiger charge is -2.35. The zero-order valence-corrected chi connectivity index (χ0v) is 22.4. The van der Waals surface area contributed by atoms with Crippen LogP contribution in [0.3, 0.4) is 0 Å². The molecule has 2 aromatic carbocycles. The van der Waals surface area contributed by atoms with Gasteiger partial charge in [-0.15, -0.1) is 0 Å². The first-order valence-corrected chi connectivity index (χ1v) is 13.4. The molecule has 1 N–H and O–H groups in total. The van der Waals surface area contributed by atoms with Crippen LogP contribution < -0.4 is 0 Å². The molecule has 1 fully saturated rings. The minimum atomic E-state index is -0.315. The highest BCUT2D eigenvalue weighted by molar-refractivity contribution is 14.1. The molecule has 0 saturated carbocycles. The number of piperazine rings is 1. The average Bonchev–Trinajstić information content (AvgIpc) is 3.26. The maximum absolute atomic E-state index is 13.1. The van der Waals surface area contributed by atoms with Crippen molar-refractivity contribution in [2.45, 2.75) is 26.3 Å². The van der Waals surface area contributed by atoms with Crippen molar-refractivity contribution in [3.8, 4) is 0 Å². The summed E-state index contributed by atoms with van der Waals surface area (Å²) in [7, 11) is 0. The average molecular weight is 586 g/mol. The van der Waals surface area contributed by atoms with E-state index in [0.29, 0.717) is 18.7 Å². The Bertz CT molecular complexity index is 1230. The van der Waals surface area contributed by atoms with Gasteiger partial charge in [-0.1, -0.05) is 19.1 Å². The highest BCUT2D eigenvalue weighted by Gasteiger charge is 2.35. The van der Waals surface area contributed by atoms with Crippen molar-refractivity contribution >= 4 is 45.5 Å². The Morgan fingerprint density at radius 1 is 1.03 bits per heavy atom. The first-order chi connectivity index (χ1) is 17.0. The molecule has 1 aromatic heterocycles. The van der Waals surface area contributed by atoms with Crippen LogP contribution in [0.15, 0.2) is 42.5 Å². The molecule has 35 heavy (non-hydrogen) atoms. The second-order valence-electron chi connectivity index (χ2n) is 9.10. The van der Waals surface area contributed by atoms with Gasteiger partial charge in [0.25, 0.3) is 5.91 Å². The summed E-state index contributed by atoms with van der Waals surface area (Å²) in [4.78, 5) is 35.7. The van der Waals surface area contributed by atoms with E-state index < -0.39 is 0 Å². The Kier molecular flexibility index (Phi) is 7.02. The third kappa shape index (κ3) is 4.65. The van der Waals surface area contributed by atoms with Gasteiger partial charge in [0.1, 0.15) is 6.04 Å². The van der Waals surface area contributed by atoms with Crippen LogP contribution in [0.25, 0.3) is 10.9 Å². The number of nitrogens with one attached hydrogen (secondary N) is 1. The van der Waals surface area contributed by atoms with Crippen LogP contribution in [0, 0.1) is 3.57 Å². The largest absolute Gasteiger partial charge is 0.450 e. The van der Waals surface area contributed by atoms with Gasteiger partial charge in [-0.25, -0.2) is 4.79 Å². The molecule has 0 bridgehead atoms. The fourth-order valence-corrected chi connectivity index (χ4v) is 5.76. The Labute approximate surface area is 219 Å². The molecular weight excluding hydrogens is 555 g/mol. The van der Waals surface area contributed by atoms with E-state index >= 15 is 0 Å². The second-order valence-corrected chi connectivity index (χ2v) is 10.3. The van der Waals surface area contributed by atoms with E-state index in [-0.39, 0.29) is 18.0 Å². The number of aromatic amines is 1. The smallest absolute Gasteiger partial charge is 0.410 e. The third-order valence-electron chi connectivity index (χ3n) is 7.17. The molecule has 0 spiro atoms. The lowest BCUT2D eigenvalue weighted by molar-refractivity contribution is 0.0643. The first kappa shape index (κ1) is 24.1. The number of carbonyl (C=O) groups is 2. The number of fused-ring (bicyclic) bond motifs is 3. The number of nitrogens with zero attached hydrogens (tertiary/aromatic N) is 3. The monoisotopic (exact) mass is 586 g/mol. The molecule has 8 heteroatoms. The van der Waals surface area contributed by atoms with Crippen LogP contribution in [-0.4, -0.2) is 77.6 Å². The minimum absolute atomic E-state index is 0.0686. The molecule has 0 radical (unpaired) electrons.